The van der Waals surface area contributed by atoms with Crippen molar-refractivity contribution in [3.05, 3.63) is 59.0 Å². The first-order valence-electron chi connectivity index (χ1n) is 10.5. The Bertz CT molecular complexity index is 1280. The molecule has 8 nitrogen and oxygen atoms in total. The van der Waals surface area contributed by atoms with Crippen molar-refractivity contribution in [2.75, 3.05) is 6.61 Å². The van der Waals surface area contributed by atoms with Crippen LogP contribution in [0.5, 0.6) is 17.6 Å². The second kappa shape index (κ2) is 8.36. The van der Waals surface area contributed by atoms with E-state index in [4.69, 9.17) is 25.5 Å². The van der Waals surface area contributed by atoms with E-state index in [2.05, 4.69) is 20.5 Å². The van der Waals surface area contributed by atoms with Crippen LogP contribution in [0.25, 0.3) is 0 Å². The average molecular weight is 513 g/mol. The number of pyridine rings is 1. The van der Waals surface area contributed by atoms with E-state index in [9.17, 15) is 22.4 Å². The number of halogens is 5. The van der Waals surface area contributed by atoms with Crippen LogP contribution in [0.1, 0.15) is 37.1 Å². The number of nitrogens with zero attached hydrogens (tertiary/aromatic N) is 3. The van der Waals surface area contributed by atoms with Gasteiger partial charge in [0.2, 0.25) is 5.89 Å². The maximum absolute atomic E-state index is 13.5. The van der Waals surface area contributed by atoms with Crippen LogP contribution in [0.3, 0.4) is 0 Å². The number of carbonyl (C=O) groups excluding carboxylic acids is 1. The number of nitrogens with one attached hydrogen (secondary N) is 1. The van der Waals surface area contributed by atoms with E-state index in [0.29, 0.717) is 37.8 Å². The molecular weight excluding hydrogens is 496 g/mol. The lowest BCUT2D eigenvalue weighted by atomic mass is 9.65. The van der Waals surface area contributed by atoms with E-state index in [0.717, 1.165) is 18.3 Å². The zero-order valence-corrected chi connectivity index (χ0v) is 18.6. The Morgan fingerprint density at radius 2 is 1.94 bits per heavy atom. The van der Waals surface area contributed by atoms with E-state index in [-0.39, 0.29) is 35.1 Å². The quantitative estimate of drug-likeness (QED) is 0.453. The van der Waals surface area contributed by atoms with Crippen molar-refractivity contribution in [3.63, 3.8) is 0 Å². The molecule has 1 amide bonds. The third kappa shape index (κ3) is 4.62. The molecule has 0 unspecified atom stereocenters. The van der Waals surface area contributed by atoms with Gasteiger partial charge in [0.05, 0.1) is 22.2 Å². The molecule has 3 aromatic rings. The van der Waals surface area contributed by atoms with Gasteiger partial charge >= 0.3 is 12.3 Å². The summed E-state index contributed by atoms with van der Waals surface area (Å²) >= 11 is 5.63. The molecule has 0 saturated heterocycles. The first-order valence-corrected chi connectivity index (χ1v) is 10.9. The largest absolute Gasteiger partial charge is 0.484 e. The fourth-order valence-electron chi connectivity index (χ4n) is 4.73. The summed E-state index contributed by atoms with van der Waals surface area (Å²) in [5.41, 5.74) is -1.87. The number of benzene rings is 1. The predicted octanol–water partition coefficient (Wildman–Crippen LogP) is 4.83. The van der Waals surface area contributed by atoms with Crippen molar-refractivity contribution in [2.24, 2.45) is 0 Å². The van der Waals surface area contributed by atoms with Gasteiger partial charge in [-0.3, -0.25) is 9.78 Å². The van der Waals surface area contributed by atoms with Gasteiger partial charge in [-0.15, -0.1) is 5.10 Å². The van der Waals surface area contributed by atoms with Crippen molar-refractivity contribution in [2.45, 2.75) is 42.8 Å². The van der Waals surface area contributed by atoms with Crippen LogP contribution in [0.2, 0.25) is 5.02 Å². The maximum atomic E-state index is 13.5. The van der Waals surface area contributed by atoms with E-state index in [1.807, 2.05) is 0 Å². The standard InChI is InChI=1S/C22H17ClF4N4O4/c23-15-2-1-13(6-16(15)24)33-9-17(32)29-21-4-3-20(10-21,11-21)18-30-31-19(35-18)34-14-5-12(7-28-8-14)22(25,26)27/h1-2,5-8H,3-4,9-11H2,(H,29,32). The molecule has 184 valence electrons. The summed E-state index contributed by atoms with van der Waals surface area (Å²) in [6.45, 7) is -0.292. The molecule has 2 heterocycles. The summed E-state index contributed by atoms with van der Waals surface area (Å²) in [6.07, 6.45) is -0.629. The van der Waals surface area contributed by atoms with E-state index in [1.165, 1.54) is 12.1 Å². The van der Waals surface area contributed by atoms with E-state index >= 15 is 0 Å². The maximum Gasteiger partial charge on any atom is 0.420 e. The molecule has 3 fully saturated rings. The van der Waals surface area contributed by atoms with Crippen molar-refractivity contribution >= 4 is 17.5 Å². The molecule has 0 spiro atoms. The summed E-state index contributed by atoms with van der Waals surface area (Å²) in [4.78, 5) is 15.9. The number of carbonyl (C=O) groups is 1. The van der Waals surface area contributed by atoms with Crippen LogP contribution < -0.4 is 14.8 Å². The highest BCUT2D eigenvalue weighted by atomic mass is 35.5. The fraction of sp³-hybridized carbons (Fsp3) is 0.364. The Morgan fingerprint density at radius 3 is 2.69 bits per heavy atom. The van der Waals surface area contributed by atoms with Gasteiger partial charge in [0.15, 0.2) is 12.4 Å². The smallest absolute Gasteiger partial charge is 0.420 e. The molecular formula is C22H17ClF4N4O4. The van der Waals surface area contributed by atoms with Crippen molar-refractivity contribution < 1.29 is 36.2 Å². The number of fused-ring (bicyclic) bond motifs is 1. The molecule has 2 bridgehead atoms. The monoisotopic (exact) mass is 512 g/mol. The number of alkyl halides is 3. The number of amides is 1. The van der Waals surface area contributed by atoms with E-state index < -0.39 is 28.5 Å². The molecule has 3 aliphatic carbocycles. The average Bonchev–Trinajstić information content (AvgIpc) is 3.48. The second-order valence-electron chi connectivity index (χ2n) is 8.71. The summed E-state index contributed by atoms with van der Waals surface area (Å²) < 4.78 is 68.3. The molecule has 0 aliphatic heterocycles. The molecule has 1 N–H and O–H groups in total. The van der Waals surface area contributed by atoms with Crippen molar-refractivity contribution in [3.8, 4) is 17.6 Å². The normalized spacial score (nSPS) is 23.0. The van der Waals surface area contributed by atoms with Crippen molar-refractivity contribution in [1.82, 2.24) is 20.5 Å². The lowest BCUT2D eigenvalue weighted by molar-refractivity contribution is -0.138. The third-order valence-electron chi connectivity index (χ3n) is 6.21. The Labute approximate surface area is 200 Å². The minimum atomic E-state index is -4.56. The first-order chi connectivity index (χ1) is 16.6. The molecule has 2 aromatic heterocycles. The number of rotatable bonds is 7. The fourth-order valence-corrected chi connectivity index (χ4v) is 4.85. The Morgan fingerprint density at radius 1 is 1.14 bits per heavy atom. The van der Waals surface area contributed by atoms with Gasteiger partial charge in [-0.1, -0.05) is 16.7 Å². The first kappa shape index (κ1) is 23.3. The summed E-state index contributed by atoms with van der Waals surface area (Å²) in [6, 6.07) is 4.69. The van der Waals surface area contributed by atoms with Gasteiger partial charge in [0.25, 0.3) is 5.91 Å². The van der Waals surface area contributed by atoms with Gasteiger partial charge in [-0.25, -0.2) is 4.39 Å². The molecule has 1 aromatic carbocycles. The zero-order valence-electron chi connectivity index (χ0n) is 17.9. The second-order valence-corrected chi connectivity index (χ2v) is 9.12. The summed E-state index contributed by atoms with van der Waals surface area (Å²) in [5, 5.41) is 10.7. The highest BCUT2D eigenvalue weighted by Crippen LogP contribution is 2.62. The van der Waals surface area contributed by atoms with Crippen molar-refractivity contribution in [1.29, 1.82) is 0 Å². The van der Waals surface area contributed by atoms with Gasteiger partial charge in [-0.2, -0.15) is 13.2 Å². The molecule has 13 heteroatoms. The predicted molar refractivity (Wildman–Crippen MR) is 112 cm³/mol. The topological polar surface area (TPSA) is 99.4 Å². The summed E-state index contributed by atoms with van der Waals surface area (Å²) in [5.74, 6) is -0.710. The third-order valence-corrected chi connectivity index (χ3v) is 6.51. The van der Waals surface area contributed by atoms with Crippen LogP contribution in [0, 0.1) is 5.82 Å². The lowest BCUT2D eigenvalue weighted by Gasteiger charge is -2.45. The van der Waals surface area contributed by atoms with Gasteiger partial charge in [0.1, 0.15) is 11.6 Å². The summed E-state index contributed by atoms with van der Waals surface area (Å²) in [7, 11) is 0. The molecule has 3 aliphatic rings. The van der Waals surface area contributed by atoms with Gasteiger partial charge < -0.3 is 19.2 Å². The molecule has 6 rings (SSSR count). The number of ether oxygens (including phenoxy) is 2. The van der Waals surface area contributed by atoms with Crippen LogP contribution in [0.4, 0.5) is 17.6 Å². The number of aromatic nitrogens is 3. The Hall–Kier alpha value is -3.41. The molecule has 3 saturated carbocycles. The molecule has 35 heavy (non-hydrogen) atoms. The number of hydrogen-bond donors (Lipinski definition) is 1. The minimum absolute atomic E-state index is 0.0430. The molecule has 0 atom stereocenters. The van der Waals surface area contributed by atoms with Gasteiger partial charge in [0, 0.05) is 17.8 Å². The number of hydrogen-bond acceptors (Lipinski definition) is 7. The highest BCUT2D eigenvalue weighted by molar-refractivity contribution is 6.30. The van der Waals surface area contributed by atoms with Crippen LogP contribution in [0.15, 0.2) is 41.1 Å². The van der Waals surface area contributed by atoms with Gasteiger partial charge in [-0.05, 0) is 43.9 Å². The zero-order chi connectivity index (χ0) is 24.8. The van der Waals surface area contributed by atoms with Crippen LogP contribution in [-0.4, -0.2) is 33.2 Å². The minimum Gasteiger partial charge on any atom is -0.484 e. The van der Waals surface area contributed by atoms with Crippen LogP contribution in [-0.2, 0) is 16.4 Å². The Balaban J connectivity index is 1.17. The molecule has 0 radical (unpaired) electrons. The van der Waals surface area contributed by atoms with Crippen LogP contribution >= 0.6 is 11.6 Å². The van der Waals surface area contributed by atoms with E-state index in [1.54, 1.807) is 0 Å². The Kier molecular flexibility index (Phi) is 5.58. The highest BCUT2D eigenvalue weighted by Gasteiger charge is 2.64. The SMILES string of the molecule is O=C(COc1ccc(Cl)c(F)c1)NC12CCC(c3nnc(Oc4cncc(C(F)(F)F)c4)o3)(C1)C2. The lowest BCUT2D eigenvalue weighted by Crippen LogP contribution is -2.58.